The van der Waals surface area contributed by atoms with Crippen LogP contribution < -0.4 is 10.6 Å². The first-order chi connectivity index (χ1) is 8.54. The topological polar surface area (TPSA) is 59.1 Å². The lowest BCUT2D eigenvalue weighted by Crippen LogP contribution is -2.32. The Hall–Kier alpha value is -1.36. The fourth-order valence-electron chi connectivity index (χ4n) is 1.59. The Morgan fingerprint density at radius 1 is 1.17 bits per heavy atom. The van der Waals surface area contributed by atoms with E-state index in [-0.39, 0.29) is 5.60 Å². The van der Waals surface area contributed by atoms with Crippen molar-refractivity contribution in [2.75, 3.05) is 30.8 Å². The number of hydrogen-bond acceptors (Lipinski definition) is 5. The molecule has 0 atom stereocenters. The van der Waals surface area contributed by atoms with E-state index in [2.05, 4.69) is 34.4 Å². The highest BCUT2D eigenvalue weighted by Crippen LogP contribution is 2.21. The largest absolute Gasteiger partial charge is 0.377 e. The van der Waals surface area contributed by atoms with Crippen LogP contribution in [0.4, 0.5) is 11.6 Å². The molecule has 0 aliphatic carbocycles. The van der Waals surface area contributed by atoms with Crippen LogP contribution in [0.15, 0.2) is 6.33 Å². The molecule has 0 aliphatic heterocycles. The van der Waals surface area contributed by atoms with Crippen molar-refractivity contribution >= 4 is 11.6 Å². The van der Waals surface area contributed by atoms with Gasteiger partial charge in [-0.3, -0.25) is 0 Å². The number of methoxy groups -OCH3 is 1. The zero-order chi connectivity index (χ0) is 13.6. The molecule has 0 fully saturated rings. The Morgan fingerprint density at radius 3 is 2.28 bits per heavy atom. The van der Waals surface area contributed by atoms with Gasteiger partial charge in [0.25, 0.3) is 0 Å². The van der Waals surface area contributed by atoms with E-state index in [4.69, 9.17) is 4.74 Å². The molecule has 5 nitrogen and oxygen atoms in total. The molecule has 0 aliphatic rings. The number of rotatable bonds is 7. The third-order valence-electron chi connectivity index (χ3n) is 2.88. The summed E-state index contributed by atoms with van der Waals surface area (Å²) in [6.45, 7) is 9.80. The van der Waals surface area contributed by atoms with E-state index < -0.39 is 0 Å². The molecule has 0 amide bonds. The summed E-state index contributed by atoms with van der Waals surface area (Å²) in [6, 6.07) is 0. The second-order valence-electron chi connectivity index (χ2n) is 4.75. The van der Waals surface area contributed by atoms with Crippen LogP contribution in [-0.4, -0.2) is 35.8 Å². The zero-order valence-corrected chi connectivity index (χ0v) is 12.0. The van der Waals surface area contributed by atoms with Crippen LogP contribution >= 0.6 is 0 Å². The Bertz CT molecular complexity index is 379. The third kappa shape index (κ3) is 3.84. The summed E-state index contributed by atoms with van der Waals surface area (Å²) in [4.78, 5) is 8.58. The lowest BCUT2D eigenvalue weighted by atomic mass is 10.1. The highest BCUT2D eigenvalue weighted by atomic mass is 16.5. The molecule has 1 rings (SSSR count). The van der Waals surface area contributed by atoms with Crippen LogP contribution in [0.2, 0.25) is 0 Å². The van der Waals surface area contributed by atoms with Gasteiger partial charge < -0.3 is 15.4 Å². The summed E-state index contributed by atoms with van der Waals surface area (Å²) < 4.78 is 5.39. The fourth-order valence-corrected chi connectivity index (χ4v) is 1.59. The maximum Gasteiger partial charge on any atom is 0.134 e. The number of anilines is 2. The lowest BCUT2D eigenvalue weighted by Gasteiger charge is -2.24. The fraction of sp³-hybridized carbons (Fsp3) is 0.692. The van der Waals surface area contributed by atoms with E-state index in [0.29, 0.717) is 6.54 Å². The highest BCUT2D eigenvalue weighted by Gasteiger charge is 2.17. The quantitative estimate of drug-likeness (QED) is 0.780. The van der Waals surface area contributed by atoms with Crippen molar-refractivity contribution in [3.05, 3.63) is 11.9 Å². The van der Waals surface area contributed by atoms with E-state index in [9.17, 15) is 0 Å². The maximum absolute atomic E-state index is 5.39. The van der Waals surface area contributed by atoms with Crippen LogP contribution in [0.1, 0.15) is 33.3 Å². The molecule has 102 valence electrons. The van der Waals surface area contributed by atoms with Crippen LogP contribution in [0.25, 0.3) is 0 Å². The molecular weight excluding hydrogens is 228 g/mol. The van der Waals surface area contributed by atoms with Crippen molar-refractivity contribution in [1.29, 1.82) is 0 Å². The molecule has 0 radical (unpaired) electrons. The molecule has 0 aromatic carbocycles. The van der Waals surface area contributed by atoms with Gasteiger partial charge in [-0.15, -0.1) is 0 Å². The molecule has 2 N–H and O–H groups in total. The predicted molar refractivity (Wildman–Crippen MR) is 75.2 cm³/mol. The van der Waals surface area contributed by atoms with Crippen molar-refractivity contribution in [1.82, 2.24) is 9.97 Å². The Kier molecular flexibility index (Phi) is 5.34. The SMILES string of the molecule is CCNc1ncnc(NCC(C)(C)OC)c1CC. The van der Waals surface area contributed by atoms with Crippen LogP contribution in [-0.2, 0) is 11.2 Å². The Morgan fingerprint density at radius 2 is 1.78 bits per heavy atom. The molecule has 1 aromatic rings. The normalized spacial score (nSPS) is 11.4. The molecule has 0 saturated carbocycles. The summed E-state index contributed by atoms with van der Waals surface area (Å²) in [6.07, 6.45) is 2.47. The molecule has 0 bridgehead atoms. The molecule has 5 heteroatoms. The molecule has 18 heavy (non-hydrogen) atoms. The van der Waals surface area contributed by atoms with E-state index in [0.717, 1.165) is 30.2 Å². The first kappa shape index (κ1) is 14.7. The minimum atomic E-state index is -0.214. The van der Waals surface area contributed by atoms with Gasteiger partial charge in [-0.05, 0) is 27.2 Å². The maximum atomic E-state index is 5.39. The van der Waals surface area contributed by atoms with E-state index in [1.807, 2.05) is 13.8 Å². The van der Waals surface area contributed by atoms with Crippen molar-refractivity contribution in [2.45, 2.75) is 39.7 Å². The summed E-state index contributed by atoms with van der Waals surface area (Å²) in [5, 5.41) is 6.59. The van der Waals surface area contributed by atoms with Gasteiger partial charge >= 0.3 is 0 Å². The number of hydrogen-bond donors (Lipinski definition) is 2. The smallest absolute Gasteiger partial charge is 0.134 e. The standard InChI is InChI=1S/C13H24N4O/c1-6-10-11(14-7-2)16-9-17-12(10)15-8-13(3,4)18-5/h9H,6-8H2,1-5H3,(H2,14,15,16,17). The third-order valence-corrected chi connectivity index (χ3v) is 2.88. The van der Waals surface area contributed by atoms with Gasteiger partial charge in [0.05, 0.1) is 5.60 Å². The van der Waals surface area contributed by atoms with Crippen molar-refractivity contribution in [3.8, 4) is 0 Å². The molecule has 0 spiro atoms. The highest BCUT2D eigenvalue weighted by molar-refractivity contribution is 5.57. The first-order valence-corrected chi connectivity index (χ1v) is 6.40. The predicted octanol–water partition coefficient (Wildman–Crippen LogP) is 2.31. The van der Waals surface area contributed by atoms with Gasteiger partial charge in [0, 0.05) is 25.8 Å². The minimum Gasteiger partial charge on any atom is -0.377 e. The molecule has 1 heterocycles. The van der Waals surface area contributed by atoms with Crippen LogP contribution in [0, 0.1) is 0 Å². The number of nitrogens with zero attached hydrogens (tertiary/aromatic N) is 2. The summed E-state index contributed by atoms with van der Waals surface area (Å²) in [5.41, 5.74) is 0.903. The van der Waals surface area contributed by atoms with Gasteiger partial charge in [0.2, 0.25) is 0 Å². The van der Waals surface area contributed by atoms with Gasteiger partial charge in [-0.1, -0.05) is 6.92 Å². The first-order valence-electron chi connectivity index (χ1n) is 6.40. The molecule has 1 aromatic heterocycles. The summed E-state index contributed by atoms with van der Waals surface area (Å²) >= 11 is 0. The van der Waals surface area contributed by atoms with Crippen LogP contribution in [0.5, 0.6) is 0 Å². The molecule has 0 unspecified atom stereocenters. The summed E-state index contributed by atoms with van der Waals surface area (Å²) in [5.74, 6) is 1.79. The van der Waals surface area contributed by atoms with Gasteiger partial charge in [-0.25, -0.2) is 9.97 Å². The monoisotopic (exact) mass is 252 g/mol. The van der Waals surface area contributed by atoms with Crippen molar-refractivity contribution in [3.63, 3.8) is 0 Å². The molecule has 0 saturated heterocycles. The average molecular weight is 252 g/mol. The van der Waals surface area contributed by atoms with Gasteiger partial charge in [0.15, 0.2) is 0 Å². The van der Waals surface area contributed by atoms with Crippen molar-refractivity contribution in [2.24, 2.45) is 0 Å². The molecular formula is C13H24N4O. The van der Waals surface area contributed by atoms with E-state index in [1.54, 1.807) is 13.4 Å². The van der Waals surface area contributed by atoms with E-state index >= 15 is 0 Å². The van der Waals surface area contributed by atoms with Crippen molar-refractivity contribution < 1.29 is 4.74 Å². The van der Waals surface area contributed by atoms with Crippen LogP contribution in [0.3, 0.4) is 0 Å². The van der Waals surface area contributed by atoms with E-state index in [1.165, 1.54) is 0 Å². The van der Waals surface area contributed by atoms with Gasteiger partial charge in [-0.2, -0.15) is 0 Å². The Balaban J connectivity index is 2.85. The number of aromatic nitrogens is 2. The number of nitrogens with one attached hydrogen (secondary N) is 2. The average Bonchev–Trinajstić information content (AvgIpc) is 2.37. The summed E-state index contributed by atoms with van der Waals surface area (Å²) in [7, 11) is 1.71. The lowest BCUT2D eigenvalue weighted by molar-refractivity contribution is 0.0343. The second-order valence-corrected chi connectivity index (χ2v) is 4.75. The zero-order valence-electron chi connectivity index (χ0n) is 12.0. The Labute approximate surface area is 109 Å². The number of ether oxygens (including phenoxy) is 1. The minimum absolute atomic E-state index is 0.214. The van der Waals surface area contributed by atoms with Gasteiger partial charge in [0.1, 0.15) is 18.0 Å². The second kappa shape index (κ2) is 6.54.